The van der Waals surface area contributed by atoms with Crippen molar-refractivity contribution in [2.75, 3.05) is 31.2 Å². The maximum atomic E-state index is 12.9. The van der Waals surface area contributed by atoms with Crippen molar-refractivity contribution in [1.82, 2.24) is 9.88 Å². The fourth-order valence-electron chi connectivity index (χ4n) is 3.34. The third-order valence-electron chi connectivity index (χ3n) is 4.70. The van der Waals surface area contributed by atoms with E-state index in [2.05, 4.69) is 23.3 Å². The summed E-state index contributed by atoms with van der Waals surface area (Å²) in [6.07, 6.45) is 0.919. The van der Waals surface area contributed by atoms with Gasteiger partial charge in [0.05, 0.1) is 18.0 Å². The van der Waals surface area contributed by atoms with E-state index in [1.54, 1.807) is 0 Å². The Kier molecular flexibility index (Phi) is 4.72. The van der Waals surface area contributed by atoms with Gasteiger partial charge in [0.1, 0.15) is 15.5 Å². The summed E-state index contributed by atoms with van der Waals surface area (Å²) in [5.74, 6) is 0.405. The number of rotatable bonds is 4. The van der Waals surface area contributed by atoms with Crippen molar-refractivity contribution in [2.24, 2.45) is 0 Å². The molecule has 7 heteroatoms. The van der Waals surface area contributed by atoms with Gasteiger partial charge in [0.2, 0.25) is 0 Å². The average Bonchev–Trinajstić information content (AvgIpc) is 2.98. The molecule has 0 saturated heterocycles. The topological polar surface area (TPSA) is 80.5 Å². The van der Waals surface area contributed by atoms with Gasteiger partial charge < -0.3 is 20.7 Å². The summed E-state index contributed by atoms with van der Waals surface area (Å²) >= 11 is 1.34. The molecule has 1 amide bonds. The monoisotopic (exact) mass is 382 g/mol. The number of nitrogens with one attached hydrogen (secondary N) is 1. The van der Waals surface area contributed by atoms with Crippen molar-refractivity contribution in [3.63, 3.8) is 0 Å². The Labute approximate surface area is 162 Å². The van der Waals surface area contributed by atoms with Crippen LogP contribution >= 0.6 is 11.3 Å². The third-order valence-corrected chi connectivity index (χ3v) is 5.82. The van der Waals surface area contributed by atoms with Crippen LogP contribution in [0.5, 0.6) is 5.75 Å². The van der Waals surface area contributed by atoms with E-state index in [9.17, 15) is 4.79 Å². The molecule has 0 atom stereocenters. The lowest BCUT2D eigenvalue weighted by atomic mass is 10.0. The molecule has 3 N–H and O–H groups in total. The van der Waals surface area contributed by atoms with Crippen molar-refractivity contribution >= 4 is 38.8 Å². The first-order chi connectivity index (χ1) is 13.1. The lowest BCUT2D eigenvalue weighted by molar-refractivity contribution is 0.103. The van der Waals surface area contributed by atoms with E-state index in [-0.39, 0.29) is 5.91 Å². The molecule has 0 saturated carbocycles. The van der Waals surface area contributed by atoms with Crippen LogP contribution in [0.15, 0.2) is 30.3 Å². The molecule has 0 unspecified atom stereocenters. The van der Waals surface area contributed by atoms with Gasteiger partial charge in [-0.3, -0.25) is 4.79 Å². The molecule has 1 aromatic carbocycles. The van der Waals surface area contributed by atoms with E-state index < -0.39 is 0 Å². The first kappa shape index (κ1) is 17.8. The van der Waals surface area contributed by atoms with Crippen molar-refractivity contribution in [3.8, 4) is 5.75 Å². The van der Waals surface area contributed by atoms with E-state index in [0.717, 1.165) is 35.4 Å². The van der Waals surface area contributed by atoms with Crippen LogP contribution in [0, 0.1) is 0 Å². The zero-order valence-electron chi connectivity index (χ0n) is 15.4. The number of carbonyl (C=O) groups excluding carboxylic acids is 1. The Morgan fingerprint density at radius 2 is 2.22 bits per heavy atom. The number of pyridine rings is 1. The number of aromatic nitrogens is 1. The van der Waals surface area contributed by atoms with Gasteiger partial charge in [-0.05, 0) is 37.7 Å². The highest BCUT2D eigenvalue weighted by Gasteiger charge is 2.22. The number of hydrogen-bond donors (Lipinski definition) is 2. The molecule has 27 heavy (non-hydrogen) atoms. The maximum Gasteiger partial charge on any atom is 0.268 e. The Hall–Kier alpha value is -2.64. The molecule has 0 radical (unpaired) electrons. The largest absolute Gasteiger partial charge is 0.492 e. The van der Waals surface area contributed by atoms with Gasteiger partial charge in [-0.2, -0.15) is 0 Å². The number of hydrogen-bond acceptors (Lipinski definition) is 6. The van der Waals surface area contributed by atoms with E-state index in [0.29, 0.717) is 28.6 Å². The van der Waals surface area contributed by atoms with Gasteiger partial charge in [-0.15, -0.1) is 11.3 Å². The number of nitrogens with two attached hydrogens (primary N) is 1. The summed E-state index contributed by atoms with van der Waals surface area (Å²) in [5.41, 5.74) is 9.74. The second-order valence-corrected chi connectivity index (χ2v) is 7.66. The highest BCUT2D eigenvalue weighted by Crippen LogP contribution is 2.36. The molecule has 1 aliphatic rings. The number of fused-ring (bicyclic) bond motifs is 2. The number of benzene rings is 1. The molecule has 2 aromatic heterocycles. The molecular weight excluding hydrogens is 360 g/mol. The summed E-state index contributed by atoms with van der Waals surface area (Å²) in [7, 11) is 2.10. The number of para-hydroxylation sites is 2. The second-order valence-electron chi connectivity index (χ2n) is 6.66. The van der Waals surface area contributed by atoms with Gasteiger partial charge in [-0.1, -0.05) is 12.1 Å². The first-order valence-electron chi connectivity index (χ1n) is 8.99. The van der Waals surface area contributed by atoms with Gasteiger partial charge in [0.15, 0.2) is 0 Å². The van der Waals surface area contributed by atoms with Crippen LogP contribution in [0.3, 0.4) is 0 Å². The minimum atomic E-state index is -0.238. The molecule has 0 aliphatic carbocycles. The number of ether oxygens (including phenoxy) is 1. The SMILES string of the molecule is CCOc1ccccc1NC(=O)c1sc2nc3c(cc2c1N)CN(C)CC3. The van der Waals surface area contributed by atoms with Crippen LogP contribution in [-0.4, -0.2) is 36.0 Å². The highest BCUT2D eigenvalue weighted by atomic mass is 32.1. The fourth-order valence-corrected chi connectivity index (χ4v) is 4.33. The van der Waals surface area contributed by atoms with Crippen molar-refractivity contribution in [2.45, 2.75) is 19.9 Å². The first-order valence-corrected chi connectivity index (χ1v) is 9.81. The predicted octanol–water partition coefficient (Wildman–Crippen LogP) is 3.52. The van der Waals surface area contributed by atoms with Crippen molar-refractivity contribution in [1.29, 1.82) is 0 Å². The van der Waals surface area contributed by atoms with E-state index in [1.165, 1.54) is 16.9 Å². The molecule has 3 heterocycles. The van der Waals surface area contributed by atoms with Crippen molar-refractivity contribution < 1.29 is 9.53 Å². The summed E-state index contributed by atoms with van der Waals surface area (Å²) in [5, 5.41) is 3.78. The van der Waals surface area contributed by atoms with Gasteiger partial charge >= 0.3 is 0 Å². The van der Waals surface area contributed by atoms with Gasteiger partial charge in [0, 0.05) is 30.6 Å². The number of carbonyl (C=O) groups is 1. The lowest BCUT2D eigenvalue weighted by Gasteiger charge is -2.24. The number of nitrogen functional groups attached to an aromatic ring is 1. The third kappa shape index (κ3) is 3.36. The predicted molar refractivity (Wildman–Crippen MR) is 110 cm³/mol. The van der Waals surface area contributed by atoms with Gasteiger partial charge in [0.25, 0.3) is 5.91 Å². The quantitative estimate of drug-likeness (QED) is 0.722. The number of anilines is 2. The van der Waals surface area contributed by atoms with Crippen molar-refractivity contribution in [3.05, 3.63) is 46.5 Å². The number of nitrogens with zero attached hydrogens (tertiary/aromatic N) is 2. The van der Waals surface area contributed by atoms with Crippen LogP contribution in [0.1, 0.15) is 27.9 Å². The summed E-state index contributed by atoms with van der Waals surface area (Å²) in [6.45, 7) is 4.29. The zero-order chi connectivity index (χ0) is 19.0. The smallest absolute Gasteiger partial charge is 0.268 e. The molecular formula is C20H22N4O2S. The molecule has 0 bridgehead atoms. The lowest BCUT2D eigenvalue weighted by Crippen LogP contribution is -2.27. The van der Waals surface area contributed by atoms with E-state index in [1.807, 2.05) is 31.2 Å². The summed E-state index contributed by atoms with van der Waals surface area (Å²) in [6, 6.07) is 9.47. The molecule has 0 fully saturated rings. The molecule has 0 spiro atoms. The molecule has 4 rings (SSSR count). The fraction of sp³-hybridized carbons (Fsp3) is 0.300. The molecule has 3 aromatic rings. The van der Waals surface area contributed by atoms with Crippen LogP contribution in [0.4, 0.5) is 11.4 Å². The number of amides is 1. The van der Waals surface area contributed by atoms with Crippen LogP contribution < -0.4 is 15.8 Å². The van der Waals surface area contributed by atoms with Crippen LogP contribution in [0.25, 0.3) is 10.2 Å². The summed E-state index contributed by atoms with van der Waals surface area (Å²) in [4.78, 5) is 21.2. The standard InChI is InChI=1S/C20H22N4O2S/c1-3-26-16-7-5-4-6-15(16)22-19(25)18-17(21)13-10-12-11-24(2)9-8-14(12)23-20(13)27-18/h4-7,10H,3,8-9,11,21H2,1-2H3,(H,22,25). The van der Waals surface area contributed by atoms with Gasteiger partial charge in [-0.25, -0.2) is 4.98 Å². The maximum absolute atomic E-state index is 12.9. The van der Waals surface area contributed by atoms with Crippen LogP contribution in [0.2, 0.25) is 0 Å². The summed E-state index contributed by atoms with van der Waals surface area (Å²) < 4.78 is 5.58. The highest BCUT2D eigenvalue weighted by molar-refractivity contribution is 7.21. The molecule has 140 valence electrons. The number of likely N-dealkylation sites (N-methyl/N-ethyl adjacent to an activating group) is 1. The zero-order valence-corrected chi connectivity index (χ0v) is 16.2. The minimum Gasteiger partial charge on any atom is -0.492 e. The molecule has 6 nitrogen and oxygen atoms in total. The van der Waals surface area contributed by atoms with E-state index >= 15 is 0 Å². The van der Waals surface area contributed by atoms with Crippen LogP contribution in [-0.2, 0) is 13.0 Å². The minimum absolute atomic E-state index is 0.238. The van der Waals surface area contributed by atoms with E-state index in [4.69, 9.17) is 15.5 Å². The number of thiophene rings is 1. The normalized spacial score (nSPS) is 14.1. The molecule has 1 aliphatic heterocycles. The Bertz CT molecular complexity index is 1010. The second kappa shape index (κ2) is 7.17. The Morgan fingerprint density at radius 3 is 3.04 bits per heavy atom. The Morgan fingerprint density at radius 1 is 1.41 bits per heavy atom. The average molecular weight is 382 g/mol. The Balaban J connectivity index is 1.68.